The van der Waals surface area contributed by atoms with Crippen LogP contribution in [0.2, 0.25) is 0 Å². The fourth-order valence-electron chi connectivity index (χ4n) is 0.962. The first kappa shape index (κ1) is 12.9. The summed E-state index contributed by atoms with van der Waals surface area (Å²) in [5, 5.41) is 8.50. The molecule has 14 heavy (non-hydrogen) atoms. The predicted molar refractivity (Wildman–Crippen MR) is 56.1 cm³/mol. The molecule has 0 saturated heterocycles. The maximum Gasteiger partial charge on any atom is 0.320 e. The molecule has 0 fully saturated rings. The zero-order valence-electron chi connectivity index (χ0n) is 7.40. The molecule has 0 aliphatic carbocycles. The molecule has 0 heterocycles. The number of nitrogens with two attached hydrogens (primary N) is 1. The van der Waals surface area contributed by atoms with Crippen LogP contribution in [0.4, 0.5) is 4.39 Å². The van der Waals surface area contributed by atoms with Crippen molar-refractivity contribution < 1.29 is 14.3 Å². The van der Waals surface area contributed by atoms with Crippen molar-refractivity contribution >= 4 is 19.5 Å². The second-order valence-corrected chi connectivity index (χ2v) is 2.78. The predicted octanol–water partition coefficient (Wildman–Crippen LogP) is 0.893. The van der Waals surface area contributed by atoms with E-state index in [1.165, 1.54) is 24.3 Å². The van der Waals surface area contributed by atoms with E-state index >= 15 is 0 Å². The Hall–Kier alpha value is -1.07. The third kappa shape index (κ3) is 3.76. The van der Waals surface area contributed by atoms with Crippen molar-refractivity contribution in [1.82, 2.24) is 0 Å². The number of benzene rings is 1. The number of carbonyl (C=O) groups is 1. The molecule has 0 aromatic heterocycles. The van der Waals surface area contributed by atoms with Crippen LogP contribution in [0.25, 0.3) is 0 Å². The van der Waals surface area contributed by atoms with Gasteiger partial charge in [-0.1, -0.05) is 12.1 Å². The summed E-state index contributed by atoms with van der Waals surface area (Å²) < 4.78 is 12.4. The Labute approximate surface area is 88.2 Å². The molecular formula is C9H12FNO2S. The summed E-state index contributed by atoms with van der Waals surface area (Å²) in [6, 6.07) is 4.69. The highest BCUT2D eigenvalue weighted by Gasteiger charge is 2.11. The molecule has 0 bridgehead atoms. The Morgan fingerprint density at radius 3 is 2.36 bits per heavy atom. The zero-order chi connectivity index (χ0) is 9.84. The molecule has 0 saturated carbocycles. The number of aliphatic carboxylic acids is 1. The molecule has 78 valence electrons. The number of hydrogen-bond donors (Lipinski definition) is 2. The number of carboxylic acid groups (broad SMARTS) is 1. The molecule has 1 atom stereocenters. The minimum Gasteiger partial charge on any atom is -0.480 e. The van der Waals surface area contributed by atoms with E-state index in [9.17, 15) is 9.18 Å². The van der Waals surface area contributed by atoms with Crippen LogP contribution in [0.1, 0.15) is 5.56 Å². The van der Waals surface area contributed by atoms with E-state index in [0.29, 0.717) is 0 Å². The van der Waals surface area contributed by atoms with Crippen molar-refractivity contribution in [3.63, 3.8) is 0 Å². The number of rotatable bonds is 3. The molecule has 3 N–H and O–H groups in total. The highest BCUT2D eigenvalue weighted by molar-refractivity contribution is 7.59. The summed E-state index contributed by atoms with van der Waals surface area (Å²) in [5.74, 6) is -1.39. The van der Waals surface area contributed by atoms with Gasteiger partial charge in [-0.25, -0.2) is 4.39 Å². The Bertz CT molecular complexity index is 302. The molecule has 0 amide bonds. The molecule has 5 heteroatoms. The first-order valence-corrected chi connectivity index (χ1v) is 3.82. The third-order valence-electron chi connectivity index (χ3n) is 1.69. The van der Waals surface area contributed by atoms with E-state index in [0.717, 1.165) is 5.56 Å². The molecule has 0 unspecified atom stereocenters. The van der Waals surface area contributed by atoms with Gasteiger partial charge in [-0.05, 0) is 24.1 Å². The van der Waals surface area contributed by atoms with Crippen molar-refractivity contribution in [3.8, 4) is 0 Å². The topological polar surface area (TPSA) is 63.3 Å². The van der Waals surface area contributed by atoms with E-state index < -0.39 is 12.0 Å². The number of halogens is 1. The lowest BCUT2D eigenvalue weighted by Crippen LogP contribution is -2.32. The van der Waals surface area contributed by atoms with Crippen LogP contribution >= 0.6 is 13.5 Å². The Balaban J connectivity index is 0.00000169. The molecule has 1 aromatic carbocycles. The summed E-state index contributed by atoms with van der Waals surface area (Å²) in [4.78, 5) is 10.4. The fourth-order valence-corrected chi connectivity index (χ4v) is 0.962. The molecule has 0 aliphatic heterocycles. The van der Waals surface area contributed by atoms with Crippen LogP contribution in [-0.4, -0.2) is 17.1 Å². The maximum atomic E-state index is 12.4. The second-order valence-electron chi connectivity index (χ2n) is 2.78. The molecule has 0 aliphatic rings. The van der Waals surface area contributed by atoms with Crippen molar-refractivity contribution in [3.05, 3.63) is 35.6 Å². The summed E-state index contributed by atoms with van der Waals surface area (Å²) in [6.07, 6.45) is 0.218. The lowest BCUT2D eigenvalue weighted by molar-refractivity contribution is -0.138. The first-order chi connectivity index (χ1) is 6.09. The monoisotopic (exact) mass is 217 g/mol. The van der Waals surface area contributed by atoms with Gasteiger partial charge in [-0.3, -0.25) is 4.79 Å². The van der Waals surface area contributed by atoms with Gasteiger partial charge in [0.25, 0.3) is 0 Å². The molecule has 1 aromatic rings. The standard InChI is InChI=1S/C9H10FNO2.H2S/c10-7-3-1-6(2-4-7)5-8(11)9(12)13;/h1-4,8H,5,11H2,(H,12,13);1H2/t8-;/m0./s1. The van der Waals surface area contributed by atoms with E-state index in [1.54, 1.807) is 0 Å². The molecule has 3 nitrogen and oxygen atoms in total. The molecule has 0 radical (unpaired) electrons. The van der Waals surface area contributed by atoms with E-state index in [-0.39, 0.29) is 25.7 Å². The Morgan fingerprint density at radius 1 is 1.43 bits per heavy atom. The average molecular weight is 217 g/mol. The Morgan fingerprint density at radius 2 is 1.93 bits per heavy atom. The highest BCUT2D eigenvalue weighted by atomic mass is 32.1. The average Bonchev–Trinajstić information content (AvgIpc) is 2.08. The lowest BCUT2D eigenvalue weighted by atomic mass is 10.1. The van der Waals surface area contributed by atoms with Gasteiger partial charge >= 0.3 is 5.97 Å². The minimum atomic E-state index is -1.05. The van der Waals surface area contributed by atoms with Gasteiger partial charge in [-0.15, -0.1) is 0 Å². The molecule has 0 spiro atoms. The molecular weight excluding hydrogens is 205 g/mol. The summed E-state index contributed by atoms with van der Waals surface area (Å²) >= 11 is 0. The van der Waals surface area contributed by atoms with Gasteiger partial charge in [0.2, 0.25) is 0 Å². The van der Waals surface area contributed by atoms with E-state index in [1.807, 2.05) is 0 Å². The SMILES string of the molecule is N[C@@H](Cc1ccc(F)cc1)C(=O)O.S. The zero-order valence-corrected chi connectivity index (χ0v) is 8.40. The van der Waals surface area contributed by atoms with Gasteiger partial charge in [-0.2, -0.15) is 13.5 Å². The molecule has 1 rings (SSSR count). The van der Waals surface area contributed by atoms with Crippen LogP contribution in [-0.2, 0) is 11.2 Å². The van der Waals surface area contributed by atoms with Gasteiger partial charge < -0.3 is 10.8 Å². The number of carboxylic acids is 1. The van der Waals surface area contributed by atoms with Gasteiger partial charge in [0.1, 0.15) is 11.9 Å². The van der Waals surface area contributed by atoms with Gasteiger partial charge in [0.05, 0.1) is 0 Å². The maximum absolute atomic E-state index is 12.4. The minimum absolute atomic E-state index is 0. The van der Waals surface area contributed by atoms with Gasteiger partial charge in [0.15, 0.2) is 0 Å². The lowest BCUT2D eigenvalue weighted by Gasteiger charge is -2.05. The summed E-state index contributed by atoms with van der Waals surface area (Å²) in [5.41, 5.74) is 6.01. The second kappa shape index (κ2) is 5.62. The smallest absolute Gasteiger partial charge is 0.320 e. The largest absolute Gasteiger partial charge is 0.480 e. The van der Waals surface area contributed by atoms with Crippen LogP contribution in [0.15, 0.2) is 24.3 Å². The van der Waals surface area contributed by atoms with Gasteiger partial charge in [0, 0.05) is 0 Å². The van der Waals surface area contributed by atoms with E-state index in [2.05, 4.69) is 0 Å². The van der Waals surface area contributed by atoms with Crippen molar-refractivity contribution in [2.24, 2.45) is 5.73 Å². The quantitative estimate of drug-likeness (QED) is 0.790. The summed E-state index contributed by atoms with van der Waals surface area (Å²) in [7, 11) is 0. The summed E-state index contributed by atoms with van der Waals surface area (Å²) in [6.45, 7) is 0. The Kier molecular flexibility index (Phi) is 5.19. The van der Waals surface area contributed by atoms with Crippen molar-refractivity contribution in [1.29, 1.82) is 0 Å². The van der Waals surface area contributed by atoms with Crippen LogP contribution in [0, 0.1) is 5.82 Å². The van der Waals surface area contributed by atoms with Crippen molar-refractivity contribution in [2.75, 3.05) is 0 Å². The normalized spacial score (nSPS) is 11.6. The number of hydrogen-bond acceptors (Lipinski definition) is 2. The third-order valence-corrected chi connectivity index (χ3v) is 1.69. The van der Waals surface area contributed by atoms with E-state index in [4.69, 9.17) is 10.8 Å². The first-order valence-electron chi connectivity index (χ1n) is 3.82. The highest BCUT2D eigenvalue weighted by Crippen LogP contribution is 2.04. The van der Waals surface area contributed by atoms with Crippen molar-refractivity contribution in [2.45, 2.75) is 12.5 Å². The van der Waals surface area contributed by atoms with Crippen LogP contribution in [0.5, 0.6) is 0 Å². The van der Waals surface area contributed by atoms with Crippen LogP contribution < -0.4 is 5.73 Å². The fraction of sp³-hybridized carbons (Fsp3) is 0.222. The van der Waals surface area contributed by atoms with Crippen LogP contribution in [0.3, 0.4) is 0 Å².